The molecule has 0 spiro atoms. The lowest BCUT2D eigenvalue weighted by Crippen LogP contribution is -2.48. The third kappa shape index (κ3) is 4.83. The van der Waals surface area contributed by atoms with Crippen molar-refractivity contribution in [3.05, 3.63) is 34.9 Å². The monoisotopic (exact) mass is 360 g/mol. The number of rotatable bonds is 3. The normalized spacial score (nSPS) is 21.1. The maximum Gasteiger partial charge on any atom is 0.0469 e. The van der Waals surface area contributed by atoms with Crippen LogP contribution in [-0.2, 0) is 4.74 Å². The van der Waals surface area contributed by atoms with Crippen LogP contribution in [0, 0.1) is 19.8 Å². The van der Waals surface area contributed by atoms with E-state index in [1.807, 2.05) is 0 Å². The van der Waals surface area contributed by atoms with Crippen molar-refractivity contribution in [2.45, 2.75) is 32.7 Å². The summed E-state index contributed by atoms with van der Waals surface area (Å²) in [5, 5.41) is 3.49. The zero-order valence-corrected chi connectivity index (χ0v) is 15.8. The van der Waals surface area contributed by atoms with Gasteiger partial charge in [-0.15, -0.1) is 24.8 Å². The number of hydrogen-bond donors (Lipinski definition) is 1. The van der Waals surface area contributed by atoms with E-state index >= 15 is 0 Å². The first-order valence-corrected chi connectivity index (χ1v) is 8.36. The highest BCUT2D eigenvalue weighted by atomic mass is 35.5. The second kappa shape index (κ2) is 9.85. The molecule has 23 heavy (non-hydrogen) atoms. The Kier molecular flexibility index (Phi) is 8.88. The molecular weight excluding hydrogens is 331 g/mol. The Morgan fingerprint density at radius 2 is 1.61 bits per heavy atom. The van der Waals surface area contributed by atoms with E-state index in [4.69, 9.17) is 4.74 Å². The van der Waals surface area contributed by atoms with Crippen molar-refractivity contribution < 1.29 is 4.74 Å². The van der Waals surface area contributed by atoms with Crippen LogP contribution in [-0.4, -0.2) is 44.3 Å². The number of piperazine rings is 1. The summed E-state index contributed by atoms with van der Waals surface area (Å²) in [6.07, 6.45) is 2.39. The highest BCUT2D eigenvalue weighted by molar-refractivity contribution is 5.85. The molecule has 1 aromatic carbocycles. The van der Waals surface area contributed by atoms with E-state index in [0.717, 1.165) is 45.3 Å². The summed E-state index contributed by atoms with van der Waals surface area (Å²) >= 11 is 0. The molecule has 3 nitrogen and oxygen atoms in total. The quantitative estimate of drug-likeness (QED) is 0.892. The number of nitrogens with zero attached hydrogens (tertiary/aromatic N) is 1. The molecule has 0 amide bonds. The second-order valence-corrected chi connectivity index (χ2v) is 6.49. The third-order valence-corrected chi connectivity index (χ3v) is 5.10. The van der Waals surface area contributed by atoms with Crippen LogP contribution in [0.4, 0.5) is 0 Å². The van der Waals surface area contributed by atoms with Crippen molar-refractivity contribution >= 4 is 24.8 Å². The molecule has 2 heterocycles. The van der Waals surface area contributed by atoms with Crippen molar-refractivity contribution in [3.63, 3.8) is 0 Å². The molecule has 2 aliphatic heterocycles. The van der Waals surface area contributed by atoms with Crippen LogP contribution >= 0.6 is 24.8 Å². The lowest BCUT2D eigenvalue weighted by atomic mass is 9.82. The molecule has 0 aliphatic carbocycles. The van der Waals surface area contributed by atoms with E-state index in [1.54, 1.807) is 5.56 Å². The Labute approximate surface area is 153 Å². The van der Waals surface area contributed by atoms with Crippen molar-refractivity contribution in [1.82, 2.24) is 10.2 Å². The molecule has 2 fully saturated rings. The fourth-order valence-corrected chi connectivity index (χ4v) is 4.00. The smallest absolute Gasteiger partial charge is 0.0469 e. The zero-order chi connectivity index (χ0) is 14.7. The molecule has 0 saturated carbocycles. The summed E-state index contributed by atoms with van der Waals surface area (Å²) < 4.78 is 5.60. The molecule has 1 aromatic rings. The number of ether oxygens (including phenoxy) is 1. The first-order valence-electron chi connectivity index (χ1n) is 8.36. The van der Waals surface area contributed by atoms with Gasteiger partial charge in [0.05, 0.1) is 0 Å². The van der Waals surface area contributed by atoms with Gasteiger partial charge in [0.2, 0.25) is 0 Å². The number of halogens is 2. The highest BCUT2D eigenvalue weighted by Crippen LogP contribution is 2.38. The van der Waals surface area contributed by atoms with Crippen LogP contribution in [0.1, 0.15) is 35.6 Å². The average molecular weight is 361 g/mol. The van der Waals surface area contributed by atoms with E-state index < -0.39 is 0 Å². The molecule has 0 aromatic heterocycles. The van der Waals surface area contributed by atoms with Gasteiger partial charge < -0.3 is 10.1 Å². The van der Waals surface area contributed by atoms with Gasteiger partial charge in [0, 0.05) is 45.4 Å². The van der Waals surface area contributed by atoms with Crippen molar-refractivity contribution in [1.29, 1.82) is 0 Å². The van der Waals surface area contributed by atoms with E-state index in [0.29, 0.717) is 6.04 Å². The Hall–Kier alpha value is -0.320. The largest absolute Gasteiger partial charge is 0.381 e. The van der Waals surface area contributed by atoms with Crippen LogP contribution in [0.25, 0.3) is 0 Å². The minimum atomic E-state index is 0. The Morgan fingerprint density at radius 3 is 2.17 bits per heavy atom. The van der Waals surface area contributed by atoms with Gasteiger partial charge >= 0.3 is 0 Å². The van der Waals surface area contributed by atoms with Gasteiger partial charge in [0.1, 0.15) is 0 Å². The van der Waals surface area contributed by atoms with Crippen molar-refractivity contribution in [2.24, 2.45) is 5.92 Å². The summed E-state index contributed by atoms with van der Waals surface area (Å²) in [6, 6.07) is 7.30. The standard InChI is InChI=1S/C18H28N2O.2ClH/c1-14-4-3-5-15(2)17(14)18(16-6-12-21-13-7-16)20-10-8-19-9-11-20;;/h3-5,16,18-19H,6-13H2,1-2H3;2*1H/t18-;;/m0../s1. The summed E-state index contributed by atoms with van der Waals surface area (Å²) in [5.74, 6) is 0.733. The predicted molar refractivity (Wildman–Crippen MR) is 101 cm³/mol. The maximum atomic E-state index is 5.60. The third-order valence-electron chi connectivity index (χ3n) is 5.10. The van der Waals surface area contributed by atoms with E-state index in [1.165, 1.54) is 24.0 Å². The van der Waals surface area contributed by atoms with Gasteiger partial charge in [-0.25, -0.2) is 0 Å². The summed E-state index contributed by atoms with van der Waals surface area (Å²) in [7, 11) is 0. The molecule has 132 valence electrons. The number of hydrogen-bond acceptors (Lipinski definition) is 3. The summed E-state index contributed by atoms with van der Waals surface area (Å²) in [5.41, 5.74) is 4.47. The van der Waals surface area contributed by atoms with E-state index in [9.17, 15) is 0 Å². The van der Waals surface area contributed by atoms with Gasteiger partial charge in [0.15, 0.2) is 0 Å². The molecule has 1 N–H and O–H groups in total. The minimum absolute atomic E-state index is 0. The molecule has 5 heteroatoms. The van der Waals surface area contributed by atoms with Crippen LogP contribution in [0.3, 0.4) is 0 Å². The number of benzene rings is 1. The Morgan fingerprint density at radius 1 is 1.04 bits per heavy atom. The molecule has 2 saturated heterocycles. The van der Waals surface area contributed by atoms with Crippen LogP contribution in [0.5, 0.6) is 0 Å². The topological polar surface area (TPSA) is 24.5 Å². The first kappa shape index (κ1) is 20.7. The maximum absolute atomic E-state index is 5.60. The molecule has 0 radical (unpaired) electrons. The van der Waals surface area contributed by atoms with Gasteiger partial charge in [-0.05, 0) is 49.3 Å². The first-order chi connectivity index (χ1) is 10.3. The molecule has 1 atom stereocenters. The van der Waals surface area contributed by atoms with Crippen LogP contribution in [0.15, 0.2) is 18.2 Å². The zero-order valence-electron chi connectivity index (χ0n) is 14.2. The second-order valence-electron chi connectivity index (χ2n) is 6.49. The van der Waals surface area contributed by atoms with Gasteiger partial charge in [-0.1, -0.05) is 18.2 Å². The van der Waals surface area contributed by atoms with Gasteiger partial charge in [-0.2, -0.15) is 0 Å². The Bertz CT molecular complexity index is 434. The van der Waals surface area contributed by atoms with E-state index in [2.05, 4.69) is 42.3 Å². The van der Waals surface area contributed by atoms with E-state index in [-0.39, 0.29) is 24.8 Å². The molecular formula is C18H30Cl2N2O. The molecule has 2 aliphatic rings. The highest BCUT2D eigenvalue weighted by Gasteiger charge is 2.32. The minimum Gasteiger partial charge on any atom is -0.381 e. The van der Waals surface area contributed by atoms with Crippen LogP contribution < -0.4 is 5.32 Å². The SMILES string of the molecule is Cc1cccc(C)c1[C@H](C1CCOCC1)N1CCNCC1.Cl.Cl. The lowest BCUT2D eigenvalue weighted by Gasteiger charge is -2.42. The predicted octanol–water partition coefficient (Wildman–Crippen LogP) is 3.52. The van der Waals surface area contributed by atoms with Crippen molar-refractivity contribution in [3.8, 4) is 0 Å². The average Bonchev–Trinajstić information content (AvgIpc) is 2.53. The summed E-state index contributed by atoms with van der Waals surface area (Å²) in [6.45, 7) is 11.0. The van der Waals surface area contributed by atoms with Gasteiger partial charge in [-0.3, -0.25) is 4.90 Å². The summed E-state index contributed by atoms with van der Waals surface area (Å²) in [4.78, 5) is 2.71. The fourth-order valence-electron chi connectivity index (χ4n) is 4.00. The van der Waals surface area contributed by atoms with Crippen molar-refractivity contribution in [2.75, 3.05) is 39.4 Å². The van der Waals surface area contributed by atoms with Crippen LogP contribution in [0.2, 0.25) is 0 Å². The fraction of sp³-hybridized carbons (Fsp3) is 0.667. The number of aryl methyl sites for hydroxylation is 2. The molecule has 3 rings (SSSR count). The lowest BCUT2D eigenvalue weighted by molar-refractivity contribution is 0.0209. The Balaban J connectivity index is 0.00000132. The molecule has 0 bridgehead atoms. The van der Waals surface area contributed by atoms with Gasteiger partial charge in [0.25, 0.3) is 0 Å². The number of nitrogens with one attached hydrogen (secondary N) is 1. The molecule has 0 unspecified atom stereocenters.